The van der Waals surface area contributed by atoms with E-state index in [-0.39, 0.29) is 0 Å². The molecule has 96 valence electrons. The number of benzene rings is 1. The minimum atomic E-state index is -0.884. The number of hydrogen-bond acceptors (Lipinski definition) is 3. The van der Waals surface area contributed by atoms with Crippen LogP contribution in [0.25, 0.3) is 0 Å². The van der Waals surface area contributed by atoms with Crippen LogP contribution in [0, 0.1) is 0 Å². The molecule has 0 amide bonds. The monoisotopic (exact) mass is 248 g/mol. The first-order valence-corrected chi connectivity index (χ1v) is 6.04. The summed E-state index contributed by atoms with van der Waals surface area (Å²) >= 11 is 0. The minimum absolute atomic E-state index is 0.304. The van der Waals surface area contributed by atoms with E-state index in [0.29, 0.717) is 6.79 Å². The predicted octanol–water partition coefficient (Wildman–Crippen LogP) is 2.77. The molecule has 18 heavy (non-hydrogen) atoms. The molecule has 0 aliphatic carbocycles. The van der Waals surface area contributed by atoms with Crippen LogP contribution in [0.15, 0.2) is 30.4 Å². The van der Waals surface area contributed by atoms with E-state index in [0.717, 1.165) is 37.2 Å². The Morgan fingerprint density at radius 2 is 2.11 bits per heavy atom. The van der Waals surface area contributed by atoms with Crippen LogP contribution in [0.5, 0.6) is 11.5 Å². The lowest BCUT2D eigenvalue weighted by Gasteiger charge is -2.02. The molecule has 4 heteroatoms. The molecule has 0 saturated carbocycles. The normalized spacial score (nSPS) is 13.1. The van der Waals surface area contributed by atoms with Crippen molar-refractivity contribution in [1.29, 1.82) is 0 Å². The third kappa shape index (κ3) is 3.52. The van der Waals surface area contributed by atoms with E-state index in [9.17, 15) is 4.79 Å². The average molecular weight is 248 g/mol. The molecule has 1 heterocycles. The Balaban J connectivity index is 1.72. The first kappa shape index (κ1) is 12.5. The van der Waals surface area contributed by atoms with Crippen LogP contribution in [0.1, 0.15) is 24.8 Å². The summed E-state index contributed by atoms with van der Waals surface area (Å²) < 4.78 is 10.6. The number of carboxylic acids is 1. The predicted molar refractivity (Wildman–Crippen MR) is 66.9 cm³/mol. The molecular formula is C14H16O4. The molecule has 2 rings (SSSR count). The standard InChI is InChI=1S/C14H16O4/c15-14(16)6-4-2-1-3-5-11-7-8-12-13(9-11)18-10-17-12/h4,6-9H,1-3,5,10H2,(H,15,16)/b6-4+. The Kier molecular flexibility index (Phi) is 4.23. The Labute approximate surface area is 106 Å². The minimum Gasteiger partial charge on any atom is -0.478 e. The van der Waals surface area contributed by atoms with Crippen molar-refractivity contribution in [2.75, 3.05) is 6.79 Å². The van der Waals surface area contributed by atoms with E-state index in [2.05, 4.69) is 0 Å². The van der Waals surface area contributed by atoms with Crippen LogP contribution in [0.2, 0.25) is 0 Å². The first-order valence-electron chi connectivity index (χ1n) is 6.04. The average Bonchev–Trinajstić information content (AvgIpc) is 2.80. The summed E-state index contributed by atoms with van der Waals surface area (Å²) in [5.41, 5.74) is 1.22. The Morgan fingerprint density at radius 1 is 1.28 bits per heavy atom. The van der Waals surface area contributed by atoms with E-state index >= 15 is 0 Å². The number of fused-ring (bicyclic) bond motifs is 1. The van der Waals surface area contributed by atoms with Crippen molar-refractivity contribution in [3.63, 3.8) is 0 Å². The molecule has 0 radical (unpaired) electrons. The third-order valence-electron chi connectivity index (χ3n) is 2.78. The van der Waals surface area contributed by atoms with Gasteiger partial charge in [0.25, 0.3) is 0 Å². The highest BCUT2D eigenvalue weighted by molar-refractivity contribution is 5.79. The molecule has 0 saturated heterocycles. The van der Waals surface area contributed by atoms with Gasteiger partial charge in [0.2, 0.25) is 6.79 Å². The SMILES string of the molecule is O=C(O)/C=C/CCCCc1ccc2c(c1)OCO2. The van der Waals surface area contributed by atoms with Crippen LogP contribution in [-0.4, -0.2) is 17.9 Å². The van der Waals surface area contributed by atoms with Gasteiger partial charge in [-0.15, -0.1) is 0 Å². The number of allylic oxidation sites excluding steroid dienone is 1. The molecule has 4 nitrogen and oxygen atoms in total. The van der Waals surface area contributed by atoms with Gasteiger partial charge in [0.15, 0.2) is 11.5 Å². The van der Waals surface area contributed by atoms with Crippen LogP contribution < -0.4 is 9.47 Å². The highest BCUT2D eigenvalue weighted by Crippen LogP contribution is 2.32. The maximum Gasteiger partial charge on any atom is 0.327 e. The fraction of sp³-hybridized carbons (Fsp3) is 0.357. The Hall–Kier alpha value is -1.97. The summed E-state index contributed by atoms with van der Waals surface area (Å²) in [5, 5.41) is 8.43. The topological polar surface area (TPSA) is 55.8 Å². The van der Waals surface area contributed by atoms with Crippen molar-refractivity contribution in [1.82, 2.24) is 0 Å². The zero-order valence-electron chi connectivity index (χ0n) is 10.1. The number of ether oxygens (including phenoxy) is 2. The van der Waals surface area contributed by atoms with Gasteiger partial charge in [0.1, 0.15) is 0 Å². The van der Waals surface area contributed by atoms with Crippen LogP contribution in [0.3, 0.4) is 0 Å². The zero-order valence-corrected chi connectivity index (χ0v) is 10.1. The lowest BCUT2D eigenvalue weighted by Crippen LogP contribution is -1.93. The number of carboxylic acid groups (broad SMARTS) is 1. The number of carbonyl (C=O) groups is 1. The lowest BCUT2D eigenvalue weighted by molar-refractivity contribution is -0.131. The second-order valence-electron chi connectivity index (χ2n) is 4.17. The molecule has 0 spiro atoms. The molecular weight excluding hydrogens is 232 g/mol. The van der Waals surface area contributed by atoms with Crippen molar-refractivity contribution in [2.24, 2.45) is 0 Å². The summed E-state index contributed by atoms with van der Waals surface area (Å²) in [4.78, 5) is 10.2. The van der Waals surface area contributed by atoms with Gasteiger partial charge in [-0.25, -0.2) is 4.79 Å². The van der Waals surface area contributed by atoms with Crippen molar-refractivity contribution < 1.29 is 19.4 Å². The number of hydrogen-bond donors (Lipinski definition) is 1. The number of rotatable bonds is 6. The fourth-order valence-corrected chi connectivity index (χ4v) is 1.87. The van der Waals surface area contributed by atoms with Crippen molar-refractivity contribution >= 4 is 5.97 Å². The second kappa shape index (κ2) is 6.10. The summed E-state index contributed by atoms with van der Waals surface area (Å²) in [6, 6.07) is 5.98. The van der Waals surface area contributed by atoms with Gasteiger partial charge < -0.3 is 14.6 Å². The number of aliphatic carboxylic acids is 1. The summed E-state index contributed by atoms with van der Waals surface area (Å²) in [5.74, 6) is 0.743. The maximum atomic E-state index is 10.2. The zero-order chi connectivity index (χ0) is 12.8. The van der Waals surface area contributed by atoms with Crippen LogP contribution >= 0.6 is 0 Å². The molecule has 1 aliphatic rings. The van der Waals surface area contributed by atoms with E-state index in [1.807, 2.05) is 18.2 Å². The smallest absolute Gasteiger partial charge is 0.327 e. The molecule has 1 aromatic carbocycles. The van der Waals surface area contributed by atoms with Crippen molar-refractivity contribution in [3.8, 4) is 11.5 Å². The van der Waals surface area contributed by atoms with Crippen molar-refractivity contribution in [3.05, 3.63) is 35.9 Å². The van der Waals surface area contributed by atoms with Gasteiger partial charge in [-0.1, -0.05) is 12.1 Å². The molecule has 0 atom stereocenters. The van der Waals surface area contributed by atoms with Crippen LogP contribution in [0.4, 0.5) is 0 Å². The fourth-order valence-electron chi connectivity index (χ4n) is 1.87. The number of unbranched alkanes of at least 4 members (excludes halogenated alkanes) is 2. The highest BCUT2D eigenvalue weighted by Gasteiger charge is 2.12. The summed E-state index contributed by atoms with van der Waals surface area (Å²) in [6.45, 7) is 0.304. The molecule has 0 fully saturated rings. The second-order valence-corrected chi connectivity index (χ2v) is 4.17. The molecule has 0 bridgehead atoms. The molecule has 1 aliphatic heterocycles. The van der Waals surface area contributed by atoms with Crippen LogP contribution in [-0.2, 0) is 11.2 Å². The summed E-state index contributed by atoms with van der Waals surface area (Å²) in [6.07, 6.45) is 6.68. The Morgan fingerprint density at radius 3 is 2.94 bits per heavy atom. The number of aryl methyl sites for hydroxylation is 1. The lowest BCUT2D eigenvalue weighted by atomic mass is 10.1. The summed E-state index contributed by atoms with van der Waals surface area (Å²) in [7, 11) is 0. The molecule has 1 aromatic rings. The largest absolute Gasteiger partial charge is 0.478 e. The van der Waals surface area contributed by atoms with Gasteiger partial charge in [0.05, 0.1) is 0 Å². The molecule has 1 N–H and O–H groups in total. The quantitative estimate of drug-likeness (QED) is 0.621. The van der Waals surface area contributed by atoms with Gasteiger partial charge in [-0.2, -0.15) is 0 Å². The first-order chi connectivity index (χ1) is 8.75. The van der Waals surface area contributed by atoms with Gasteiger partial charge in [-0.05, 0) is 43.4 Å². The van der Waals surface area contributed by atoms with Crippen molar-refractivity contribution in [2.45, 2.75) is 25.7 Å². The van der Waals surface area contributed by atoms with Gasteiger partial charge in [-0.3, -0.25) is 0 Å². The van der Waals surface area contributed by atoms with E-state index in [1.54, 1.807) is 6.08 Å². The molecule has 0 aromatic heterocycles. The third-order valence-corrected chi connectivity index (χ3v) is 2.78. The van der Waals surface area contributed by atoms with Gasteiger partial charge >= 0.3 is 5.97 Å². The Bertz CT molecular complexity index is 451. The van der Waals surface area contributed by atoms with Gasteiger partial charge in [0, 0.05) is 6.08 Å². The highest BCUT2D eigenvalue weighted by atomic mass is 16.7. The van der Waals surface area contributed by atoms with E-state index in [4.69, 9.17) is 14.6 Å². The maximum absolute atomic E-state index is 10.2. The van der Waals surface area contributed by atoms with E-state index in [1.165, 1.54) is 11.6 Å². The van der Waals surface area contributed by atoms with E-state index < -0.39 is 5.97 Å². The molecule has 0 unspecified atom stereocenters.